The first kappa shape index (κ1) is 19.8. The third-order valence-corrected chi connectivity index (χ3v) is 4.63. The molecule has 1 rings (SSSR count). The van der Waals surface area contributed by atoms with Gasteiger partial charge < -0.3 is 9.64 Å². The smallest absolute Gasteiger partial charge is 0.410 e. The van der Waals surface area contributed by atoms with Gasteiger partial charge in [0.2, 0.25) is 0 Å². The van der Waals surface area contributed by atoms with E-state index in [4.69, 9.17) is 4.74 Å². The predicted octanol–water partition coefficient (Wildman–Crippen LogP) is 3.76. The Hall–Kier alpha value is -1.21. The molecule has 0 N–H and O–H groups in total. The van der Waals surface area contributed by atoms with E-state index >= 15 is 0 Å². The van der Waals surface area contributed by atoms with Crippen LogP contribution in [0.1, 0.15) is 60.3 Å². The summed E-state index contributed by atoms with van der Waals surface area (Å²) in [5.41, 5.74) is -0.532. The lowest BCUT2D eigenvalue weighted by Gasteiger charge is -2.34. The highest BCUT2D eigenvalue weighted by Crippen LogP contribution is 2.27. The second-order valence-electron chi connectivity index (χ2n) is 8.32. The molecule has 4 nitrogen and oxygen atoms in total. The topological polar surface area (TPSA) is 32.8 Å². The van der Waals surface area contributed by atoms with Gasteiger partial charge in [-0.3, -0.25) is 4.90 Å². The van der Waals surface area contributed by atoms with Crippen molar-refractivity contribution in [3.63, 3.8) is 0 Å². The molecule has 0 aromatic heterocycles. The average molecular weight is 322 g/mol. The van der Waals surface area contributed by atoms with Crippen LogP contribution in [0.3, 0.4) is 0 Å². The van der Waals surface area contributed by atoms with Crippen LogP contribution in [0.25, 0.3) is 0 Å². The summed E-state index contributed by atoms with van der Waals surface area (Å²) < 4.78 is 5.45. The van der Waals surface area contributed by atoms with Crippen LogP contribution >= 0.6 is 0 Å². The maximum Gasteiger partial charge on any atom is 0.410 e. The fourth-order valence-corrected chi connectivity index (χ4v) is 2.48. The first-order valence-electron chi connectivity index (χ1n) is 8.58. The van der Waals surface area contributed by atoms with Crippen LogP contribution < -0.4 is 0 Å². The zero-order chi connectivity index (χ0) is 17.8. The van der Waals surface area contributed by atoms with E-state index in [1.807, 2.05) is 27.8 Å². The maximum atomic E-state index is 12.1. The minimum absolute atomic E-state index is 0.0931. The number of hydrogen-bond donors (Lipinski definition) is 0. The lowest BCUT2D eigenvalue weighted by molar-refractivity contribution is 0.0180. The third-order valence-electron chi connectivity index (χ3n) is 4.63. The Morgan fingerprint density at radius 3 is 1.96 bits per heavy atom. The Kier molecular flexibility index (Phi) is 6.53. The zero-order valence-corrected chi connectivity index (χ0v) is 16.2. The second-order valence-corrected chi connectivity index (χ2v) is 8.32. The number of carbonyl (C=O) groups excluding carboxylic acids is 1. The molecule has 0 aromatic carbocycles. The molecule has 0 spiro atoms. The number of rotatable bonds is 2. The lowest BCUT2D eigenvalue weighted by atomic mass is 9.85. The highest BCUT2D eigenvalue weighted by Gasteiger charge is 2.29. The molecule has 132 valence electrons. The maximum absolute atomic E-state index is 12.1. The predicted molar refractivity (Wildman–Crippen MR) is 95.3 cm³/mol. The summed E-state index contributed by atoms with van der Waals surface area (Å²) in [6, 6.07) is 0.268. The van der Waals surface area contributed by atoms with Gasteiger partial charge in [0.05, 0.1) is 5.54 Å². The van der Waals surface area contributed by atoms with Gasteiger partial charge in [0.1, 0.15) is 5.60 Å². The van der Waals surface area contributed by atoms with Gasteiger partial charge in [-0.15, -0.1) is 0 Å². The van der Waals surface area contributed by atoms with Crippen LogP contribution in [0.15, 0.2) is 0 Å². The van der Waals surface area contributed by atoms with E-state index in [-0.39, 0.29) is 17.7 Å². The molecule has 1 fully saturated rings. The molecule has 1 aliphatic rings. The Balaban J connectivity index is 2.53. The van der Waals surface area contributed by atoms with Gasteiger partial charge in [0, 0.05) is 19.0 Å². The molecule has 1 aliphatic carbocycles. The summed E-state index contributed by atoms with van der Waals surface area (Å²) in [5, 5.41) is 0. The van der Waals surface area contributed by atoms with E-state index in [1.54, 1.807) is 4.90 Å². The fourth-order valence-electron chi connectivity index (χ4n) is 2.48. The van der Waals surface area contributed by atoms with Crippen LogP contribution in [0.2, 0.25) is 0 Å². The number of ether oxygens (including phenoxy) is 1. The van der Waals surface area contributed by atoms with Crippen molar-refractivity contribution in [2.75, 3.05) is 21.1 Å². The van der Waals surface area contributed by atoms with Gasteiger partial charge in [0.25, 0.3) is 0 Å². The SMILES string of the molecule is CN(C(=O)OC(C)(C)C)C1CCC(C#CC(C)(C)N(C)C)CC1. The van der Waals surface area contributed by atoms with Gasteiger partial charge in [-0.25, -0.2) is 4.79 Å². The van der Waals surface area contributed by atoms with Crippen molar-refractivity contribution < 1.29 is 9.53 Å². The number of carbonyl (C=O) groups is 1. The van der Waals surface area contributed by atoms with E-state index in [0.717, 1.165) is 25.7 Å². The Morgan fingerprint density at radius 1 is 1.00 bits per heavy atom. The van der Waals surface area contributed by atoms with E-state index in [1.165, 1.54) is 0 Å². The Labute approximate surface area is 142 Å². The highest BCUT2D eigenvalue weighted by molar-refractivity contribution is 5.68. The standard InChI is InChI=1S/C19H34N2O2/c1-18(2,3)23-17(22)21(8)16-11-9-15(10-12-16)13-14-19(4,5)20(6)7/h15-16H,9-12H2,1-8H3. The van der Waals surface area contributed by atoms with Gasteiger partial charge in [-0.1, -0.05) is 11.8 Å². The molecular formula is C19H34N2O2. The Morgan fingerprint density at radius 2 is 1.52 bits per heavy atom. The van der Waals surface area contributed by atoms with Gasteiger partial charge >= 0.3 is 6.09 Å². The molecule has 1 amide bonds. The number of amides is 1. The largest absolute Gasteiger partial charge is 0.444 e. The first-order chi connectivity index (χ1) is 10.4. The van der Waals surface area contributed by atoms with Crippen LogP contribution in [0.4, 0.5) is 4.79 Å². The molecule has 0 bridgehead atoms. The molecule has 0 unspecified atom stereocenters. The molecular weight excluding hydrogens is 288 g/mol. The monoisotopic (exact) mass is 322 g/mol. The first-order valence-corrected chi connectivity index (χ1v) is 8.58. The molecule has 0 saturated heterocycles. The van der Waals surface area contributed by atoms with Crippen LogP contribution in [0, 0.1) is 17.8 Å². The van der Waals surface area contributed by atoms with Crippen molar-refractivity contribution in [2.45, 2.75) is 77.5 Å². The molecule has 0 atom stereocenters. The Bertz CT molecular complexity index is 458. The molecule has 4 heteroatoms. The second kappa shape index (κ2) is 7.57. The van der Waals surface area contributed by atoms with Crippen molar-refractivity contribution in [1.82, 2.24) is 9.80 Å². The van der Waals surface area contributed by atoms with Crippen molar-refractivity contribution in [2.24, 2.45) is 5.92 Å². The van der Waals surface area contributed by atoms with Crippen LogP contribution in [0.5, 0.6) is 0 Å². The van der Waals surface area contributed by atoms with E-state index in [2.05, 4.69) is 44.7 Å². The van der Waals surface area contributed by atoms with Crippen molar-refractivity contribution >= 4 is 6.09 Å². The van der Waals surface area contributed by atoms with Crippen LogP contribution in [-0.4, -0.2) is 54.2 Å². The molecule has 0 radical (unpaired) electrons. The summed E-state index contributed by atoms with van der Waals surface area (Å²) in [6.45, 7) is 9.98. The zero-order valence-electron chi connectivity index (χ0n) is 16.2. The van der Waals surface area contributed by atoms with Crippen molar-refractivity contribution in [3.05, 3.63) is 0 Å². The normalized spacial score (nSPS) is 22.3. The lowest BCUT2D eigenvalue weighted by Crippen LogP contribution is -2.42. The van der Waals surface area contributed by atoms with E-state index in [0.29, 0.717) is 5.92 Å². The summed E-state index contributed by atoms with van der Waals surface area (Å²) in [4.78, 5) is 16.0. The van der Waals surface area contributed by atoms with Crippen molar-refractivity contribution in [3.8, 4) is 11.8 Å². The molecule has 23 heavy (non-hydrogen) atoms. The van der Waals surface area contributed by atoms with Gasteiger partial charge in [-0.2, -0.15) is 0 Å². The van der Waals surface area contributed by atoms with Gasteiger partial charge in [-0.05, 0) is 74.4 Å². The number of hydrogen-bond acceptors (Lipinski definition) is 3. The third kappa shape index (κ3) is 6.43. The van der Waals surface area contributed by atoms with E-state index in [9.17, 15) is 4.79 Å². The highest BCUT2D eigenvalue weighted by atomic mass is 16.6. The molecule has 0 heterocycles. The fraction of sp³-hybridized carbons (Fsp3) is 0.842. The summed E-state index contributed by atoms with van der Waals surface area (Å²) >= 11 is 0. The molecule has 1 saturated carbocycles. The number of nitrogens with zero attached hydrogens (tertiary/aromatic N) is 2. The van der Waals surface area contributed by atoms with Crippen LogP contribution in [-0.2, 0) is 4.74 Å². The quantitative estimate of drug-likeness (QED) is 0.726. The molecule has 0 aliphatic heterocycles. The minimum atomic E-state index is -0.439. The van der Waals surface area contributed by atoms with E-state index < -0.39 is 5.60 Å². The summed E-state index contributed by atoms with van der Waals surface area (Å²) in [5.74, 6) is 7.28. The minimum Gasteiger partial charge on any atom is -0.444 e. The van der Waals surface area contributed by atoms with Gasteiger partial charge in [0.15, 0.2) is 0 Å². The molecule has 0 aromatic rings. The summed E-state index contributed by atoms with van der Waals surface area (Å²) in [6.07, 6.45) is 3.87. The van der Waals surface area contributed by atoms with Crippen molar-refractivity contribution in [1.29, 1.82) is 0 Å². The summed E-state index contributed by atoms with van der Waals surface area (Å²) in [7, 11) is 5.96. The average Bonchev–Trinajstić information content (AvgIpc) is 2.43.